The van der Waals surface area contributed by atoms with Crippen molar-refractivity contribution in [3.8, 4) is 5.75 Å². The zero-order valence-corrected chi connectivity index (χ0v) is 11.4. The maximum Gasteiger partial charge on any atom is 0.208 e. The summed E-state index contributed by atoms with van der Waals surface area (Å²) in [6.07, 6.45) is 4.99. The third kappa shape index (κ3) is 3.26. The summed E-state index contributed by atoms with van der Waals surface area (Å²) in [7, 11) is 0. The van der Waals surface area contributed by atoms with Gasteiger partial charge in [0.15, 0.2) is 0 Å². The summed E-state index contributed by atoms with van der Waals surface area (Å²) in [4.78, 5) is 0. The van der Waals surface area contributed by atoms with Crippen molar-refractivity contribution in [2.45, 2.75) is 51.7 Å². The maximum atomic E-state index is 10.7. The van der Waals surface area contributed by atoms with Crippen LogP contribution in [-0.4, -0.2) is 10.9 Å². The molecular weight excluding hydrogens is 224 g/mol. The molecule has 1 N–H and O–H groups in total. The fraction of sp³-hybridized carbons (Fsp3) is 0.625. The molecule has 0 bridgehead atoms. The number of aliphatic hydroxyl groups is 1. The van der Waals surface area contributed by atoms with E-state index in [0.717, 1.165) is 31.4 Å². The first-order valence-electron chi connectivity index (χ1n) is 7.11. The fourth-order valence-corrected chi connectivity index (χ4v) is 3.04. The lowest BCUT2D eigenvalue weighted by Crippen LogP contribution is -2.44. The van der Waals surface area contributed by atoms with Crippen LogP contribution in [0.5, 0.6) is 5.75 Å². The summed E-state index contributed by atoms with van der Waals surface area (Å²) in [5.74, 6) is 0.961. The van der Waals surface area contributed by atoms with Gasteiger partial charge in [-0.3, -0.25) is 0 Å². The van der Waals surface area contributed by atoms with Crippen molar-refractivity contribution in [3.05, 3.63) is 30.3 Å². The van der Waals surface area contributed by atoms with Crippen LogP contribution in [0.15, 0.2) is 30.3 Å². The predicted octanol–water partition coefficient (Wildman–Crippen LogP) is 3.99. The lowest BCUT2D eigenvalue weighted by molar-refractivity contribution is -0.182. The van der Waals surface area contributed by atoms with E-state index in [2.05, 4.69) is 13.8 Å². The zero-order valence-electron chi connectivity index (χ0n) is 11.4. The van der Waals surface area contributed by atoms with Crippen LogP contribution in [0.4, 0.5) is 0 Å². The summed E-state index contributed by atoms with van der Waals surface area (Å²) in [5.41, 5.74) is 0. The Morgan fingerprint density at radius 3 is 2.17 bits per heavy atom. The van der Waals surface area contributed by atoms with Crippen molar-refractivity contribution in [3.63, 3.8) is 0 Å². The summed E-state index contributed by atoms with van der Waals surface area (Å²) < 4.78 is 5.86. The van der Waals surface area contributed by atoms with Crippen LogP contribution >= 0.6 is 0 Å². The first-order valence-corrected chi connectivity index (χ1v) is 7.11. The second-order valence-corrected chi connectivity index (χ2v) is 5.55. The van der Waals surface area contributed by atoms with Crippen molar-refractivity contribution >= 4 is 0 Å². The smallest absolute Gasteiger partial charge is 0.208 e. The van der Waals surface area contributed by atoms with Crippen molar-refractivity contribution in [2.24, 2.45) is 11.8 Å². The largest absolute Gasteiger partial charge is 0.463 e. The van der Waals surface area contributed by atoms with E-state index in [1.807, 2.05) is 30.3 Å². The molecule has 0 saturated heterocycles. The molecule has 2 nitrogen and oxygen atoms in total. The van der Waals surface area contributed by atoms with Crippen LogP contribution in [0, 0.1) is 11.8 Å². The van der Waals surface area contributed by atoms with E-state index >= 15 is 0 Å². The van der Waals surface area contributed by atoms with Gasteiger partial charge >= 0.3 is 0 Å². The minimum Gasteiger partial charge on any atom is -0.463 e. The van der Waals surface area contributed by atoms with Crippen LogP contribution in [-0.2, 0) is 0 Å². The molecule has 2 rings (SSSR count). The van der Waals surface area contributed by atoms with Crippen molar-refractivity contribution in [2.75, 3.05) is 0 Å². The number of hydrogen-bond acceptors (Lipinski definition) is 2. The summed E-state index contributed by atoms with van der Waals surface area (Å²) in [6, 6.07) is 9.66. The highest BCUT2D eigenvalue weighted by atomic mass is 16.6. The van der Waals surface area contributed by atoms with Crippen LogP contribution in [0.25, 0.3) is 0 Å². The Morgan fingerprint density at radius 2 is 1.67 bits per heavy atom. The number of hydrogen-bond donors (Lipinski definition) is 1. The lowest BCUT2D eigenvalue weighted by Gasteiger charge is -2.40. The number of benzene rings is 1. The molecule has 2 atom stereocenters. The molecular formula is C16H24O2. The molecule has 1 aliphatic carbocycles. The molecule has 100 valence electrons. The average Bonchev–Trinajstić information content (AvgIpc) is 2.38. The standard InChI is InChI=1S/C16H24O2/c1-3-13-10-14(4-2)12-16(17,11-13)18-15-8-6-5-7-9-15/h5-9,13-14,17H,3-4,10-12H2,1-2H3. The van der Waals surface area contributed by atoms with Gasteiger partial charge in [0.1, 0.15) is 5.75 Å². The van der Waals surface area contributed by atoms with Crippen LogP contribution in [0.1, 0.15) is 46.0 Å². The Bertz CT molecular complexity index is 349. The van der Waals surface area contributed by atoms with E-state index in [9.17, 15) is 5.11 Å². The van der Waals surface area contributed by atoms with Crippen molar-refractivity contribution in [1.82, 2.24) is 0 Å². The van der Waals surface area contributed by atoms with E-state index < -0.39 is 5.79 Å². The van der Waals surface area contributed by atoms with Gasteiger partial charge in [-0.15, -0.1) is 0 Å². The number of para-hydroxylation sites is 1. The third-order valence-corrected chi connectivity index (χ3v) is 4.09. The van der Waals surface area contributed by atoms with Gasteiger partial charge in [-0.05, 0) is 30.4 Å². The molecule has 1 fully saturated rings. The van der Waals surface area contributed by atoms with Crippen LogP contribution < -0.4 is 4.74 Å². The van der Waals surface area contributed by atoms with Gasteiger partial charge in [-0.1, -0.05) is 44.9 Å². The predicted molar refractivity (Wildman–Crippen MR) is 73.4 cm³/mol. The summed E-state index contributed by atoms with van der Waals surface area (Å²) >= 11 is 0. The Labute approximate surface area is 110 Å². The second kappa shape index (κ2) is 5.75. The van der Waals surface area contributed by atoms with Crippen molar-refractivity contribution < 1.29 is 9.84 Å². The molecule has 1 saturated carbocycles. The highest BCUT2D eigenvalue weighted by Crippen LogP contribution is 2.40. The average molecular weight is 248 g/mol. The highest BCUT2D eigenvalue weighted by Gasteiger charge is 2.39. The van der Waals surface area contributed by atoms with E-state index in [0.29, 0.717) is 11.8 Å². The minimum absolute atomic E-state index is 0.581. The number of ether oxygens (including phenoxy) is 1. The SMILES string of the molecule is CCC1CC(CC)CC(O)(Oc2ccccc2)C1. The molecule has 1 aliphatic rings. The van der Waals surface area contributed by atoms with Gasteiger partial charge in [0.2, 0.25) is 5.79 Å². The van der Waals surface area contributed by atoms with E-state index in [1.165, 1.54) is 6.42 Å². The molecule has 0 aliphatic heterocycles. The summed E-state index contributed by atoms with van der Waals surface area (Å²) in [6.45, 7) is 4.40. The molecule has 0 heterocycles. The molecule has 18 heavy (non-hydrogen) atoms. The Balaban J connectivity index is 2.08. The molecule has 1 aromatic carbocycles. The fourth-order valence-electron chi connectivity index (χ4n) is 3.04. The first-order chi connectivity index (χ1) is 8.65. The van der Waals surface area contributed by atoms with Gasteiger partial charge in [0, 0.05) is 12.8 Å². The van der Waals surface area contributed by atoms with Gasteiger partial charge in [-0.2, -0.15) is 0 Å². The number of rotatable bonds is 4. The monoisotopic (exact) mass is 248 g/mol. The van der Waals surface area contributed by atoms with E-state index in [1.54, 1.807) is 0 Å². The van der Waals surface area contributed by atoms with Gasteiger partial charge in [0.25, 0.3) is 0 Å². The second-order valence-electron chi connectivity index (χ2n) is 5.55. The third-order valence-electron chi connectivity index (χ3n) is 4.09. The van der Waals surface area contributed by atoms with Gasteiger partial charge in [0.05, 0.1) is 0 Å². The molecule has 2 heteroatoms. The Morgan fingerprint density at radius 1 is 1.11 bits per heavy atom. The van der Waals surface area contributed by atoms with E-state index in [4.69, 9.17) is 4.74 Å². The zero-order chi connectivity index (χ0) is 13.0. The topological polar surface area (TPSA) is 29.5 Å². The molecule has 0 aromatic heterocycles. The quantitative estimate of drug-likeness (QED) is 0.816. The molecule has 0 spiro atoms. The highest BCUT2D eigenvalue weighted by molar-refractivity contribution is 5.21. The Hall–Kier alpha value is -1.02. The molecule has 0 radical (unpaired) electrons. The molecule has 2 unspecified atom stereocenters. The molecule has 0 amide bonds. The van der Waals surface area contributed by atoms with Crippen LogP contribution in [0.3, 0.4) is 0 Å². The van der Waals surface area contributed by atoms with Gasteiger partial charge < -0.3 is 9.84 Å². The minimum atomic E-state index is -0.971. The normalized spacial score (nSPS) is 32.2. The van der Waals surface area contributed by atoms with Crippen molar-refractivity contribution in [1.29, 1.82) is 0 Å². The molecule has 1 aromatic rings. The van der Waals surface area contributed by atoms with Crippen LogP contribution in [0.2, 0.25) is 0 Å². The van der Waals surface area contributed by atoms with E-state index in [-0.39, 0.29) is 0 Å². The van der Waals surface area contributed by atoms with Gasteiger partial charge in [-0.25, -0.2) is 0 Å². The Kier molecular flexibility index (Phi) is 4.28. The summed E-state index contributed by atoms with van der Waals surface area (Å²) in [5, 5.41) is 10.7. The maximum absolute atomic E-state index is 10.7. The first kappa shape index (κ1) is 13.4. The lowest BCUT2D eigenvalue weighted by atomic mass is 9.75.